The Morgan fingerprint density at radius 3 is 1.82 bits per heavy atom. The van der Waals surface area contributed by atoms with E-state index in [1.54, 1.807) is 70.3 Å². The van der Waals surface area contributed by atoms with Gasteiger partial charge in [-0.3, -0.25) is 14.4 Å². The number of benzene rings is 2. The lowest BCUT2D eigenvalue weighted by atomic mass is 9.97. The van der Waals surface area contributed by atoms with Crippen LogP contribution in [0, 0.1) is 5.92 Å². The van der Waals surface area contributed by atoms with E-state index in [0.29, 0.717) is 17.7 Å². The van der Waals surface area contributed by atoms with Gasteiger partial charge in [0.05, 0.1) is 19.4 Å². The van der Waals surface area contributed by atoms with E-state index in [1.807, 2.05) is 13.8 Å². The molecule has 0 bridgehead atoms. The van der Waals surface area contributed by atoms with Gasteiger partial charge in [0, 0.05) is 12.8 Å². The number of carbonyl (C=O) groups excluding carboxylic acids is 4. The molecule has 0 spiro atoms. The maximum absolute atomic E-state index is 13.8. The fourth-order valence-electron chi connectivity index (χ4n) is 4.57. The average Bonchev–Trinajstić information content (AvgIpc) is 3.51. The Morgan fingerprint density at radius 1 is 0.800 bits per heavy atom. The Bertz CT molecular complexity index is 1410. The molecular formula is C34H43N3O8. The minimum Gasteiger partial charge on any atom is -0.508 e. The Morgan fingerprint density at radius 2 is 1.33 bits per heavy atom. The number of hydrogen-bond acceptors (Lipinski definition) is 8. The SMILES string of the molecule is COc1ccc(C[C@H](NC(=O)OC(C)(C)C)C(=O)N[C@@H](Cc2ccc(O)cc2)C(=O)N[C@@H](CC(C)C)C(=O)c2ccco2)cc1. The minimum atomic E-state index is -1.14. The first-order chi connectivity index (χ1) is 21.2. The summed E-state index contributed by atoms with van der Waals surface area (Å²) in [5.74, 6) is -0.763. The van der Waals surface area contributed by atoms with Crippen molar-refractivity contribution in [3.05, 3.63) is 83.8 Å². The predicted octanol–water partition coefficient (Wildman–Crippen LogP) is 4.57. The van der Waals surface area contributed by atoms with Crippen LogP contribution in [0.2, 0.25) is 0 Å². The quantitative estimate of drug-likeness (QED) is 0.191. The van der Waals surface area contributed by atoms with Crippen molar-refractivity contribution < 1.29 is 38.2 Å². The molecule has 3 aromatic rings. The van der Waals surface area contributed by atoms with Crippen molar-refractivity contribution in [3.8, 4) is 11.5 Å². The van der Waals surface area contributed by atoms with E-state index in [2.05, 4.69) is 16.0 Å². The lowest BCUT2D eigenvalue weighted by Gasteiger charge is -2.27. The molecule has 45 heavy (non-hydrogen) atoms. The first-order valence-corrected chi connectivity index (χ1v) is 14.8. The van der Waals surface area contributed by atoms with Crippen LogP contribution in [0.1, 0.15) is 62.7 Å². The van der Waals surface area contributed by atoms with Crippen LogP contribution in [0.5, 0.6) is 11.5 Å². The van der Waals surface area contributed by atoms with Crippen LogP contribution >= 0.6 is 0 Å². The van der Waals surface area contributed by atoms with Crippen LogP contribution < -0.4 is 20.7 Å². The molecule has 0 saturated carbocycles. The van der Waals surface area contributed by atoms with Crippen LogP contribution in [-0.2, 0) is 27.2 Å². The molecule has 3 amide bonds. The van der Waals surface area contributed by atoms with Crippen molar-refractivity contribution >= 4 is 23.7 Å². The maximum atomic E-state index is 13.8. The number of Topliss-reactive ketones (excluding diaryl/α,β-unsaturated/α-hetero) is 1. The molecule has 0 unspecified atom stereocenters. The third-order valence-electron chi connectivity index (χ3n) is 6.72. The zero-order valence-corrected chi connectivity index (χ0v) is 26.6. The van der Waals surface area contributed by atoms with Gasteiger partial charge in [-0.05, 0) is 80.6 Å². The third kappa shape index (κ3) is 11.3. The van der Waals surface area contributed by atoms with Gasteiger partial charge in [0.1, 0.15) is 29.2 Å². The van der Waals surface area contributed by atoms with E-state index in [1.165, 1.54) is 24.5 Å². The van der Waals surface area contributed by atoms with Crippen molar-refractivity contribution in [1.82, 2.24) is 16.0 Å². The summed E-state index contributed by atoms with van der Waals surface area (Å²) in [6.07, 6.45) is 1.07. The van der Waals surface area contributed by atoms with Crippen molar-refractivity contribution in [1.29, 1.82) is 0 Å². The average molecular weight is 622 g/mol. The molecule has 0 aliphatic heterocycles. The van der Waals surface area contributed by atoms with Crippen molar-refractivity contribution in [2.24, 2.45) is 5.92 Å². The van der Waals surface area contributed by atoms with Gasteiger partial charge >= 0.3 is 6.09 Å². The smallest absolute Gasteiger partial charge is 0.408 e. The number of alkyl carbamates (subject to hydrolysis) is 1. The topological polar surface area (TPSA) is 156 Å². The lowest BCUT2D eigenvalue weighted by Crippen LogP contribution is -2.57. The number of furan rings is 1. The molecule has 1 heterocycles. The number of phenolic OH excluding ortho intramolecular Hbond substituents is 1. The summed E-state index contributed by atoms with van der Waals surface area (Å²) in [7, 11) is 1.54. The molecule has 0 fully saturated rings. The van der Waals surface area contributed by atoms with Gasteiger partial charge in [0.25, 0.3) is 0 Å². The number of phenols is 1. The van der Waals surface area contributed by atoms with Crippen LogP contribution in [0.15, 0.2) is 71.3 Å². The molecule has 0 saturated heterocycles. The lowest BCUT2D eigenvalue weighted by molar-refractivity contribution is -0.130. The first-order valence-electron chi connectivity index (χ1n) is 14.8. The molecule has 3 atom stereocenters. The monoisotopic (exact) mass is 621 g/mol. The van der Waals surface area contributed by atoms with Crippen LogP contribution in [-0.4, -0.2) is 59.6 Å². The highest BCUT2D eigenvalue weighted by Gasteiger charge is 2.32. The molecule has 0 aliphatic rings. The number of ether oxygens (including phenoxy) is 2. The third-order valence-corrected chi connectivity index (χ3v) is 6.72. The molecule has 4 N–H and O–H groups in total. The fraction of sp³-hybridized carbons (Fsp3) is 0.412. The molecule has 0 radical (unpaired) electrons. The molecule has 2 aromatic carbocycles. The van der Waals surface area contributed by atoms with Gasteiger partial charge in [-0.2, -0.15) is 0 Å². The van der Waals surface area contributed by atoms with Gasteiger partial charge in [-0.1, -0.05) is 38.1 Å². The molecule has 11 nitrogen and oxygen atoms in total. The summed E-state index contributed by atoms with van der Waals surface area (Å²) in [5, 5.41) is 18.0. The van der Waals surface area contributed by atoms with Gasteiger partial charge in [-0.25, -0.2) is 4.79 Å². The van der Waals surface area contributed by atoms with Crippen LogP contribution in [0.3, 0.4) is 0 Å². The zero-order chi connectivity index (χ0) is 33.1. The number of carbonyl (C=O) groups is 4. The normalized spacial score (nSPS) is 13.3. The van der Waals surface area contributed by atoms with E-state index in [9.17, 15) is 24.3 Å². The van der Waals surface area contributed by atoms with Gasteiger partial charge in [0.15, 0.2) is 5.76 Å². The van der Waals surface area contributed by atoms with E-state index in [-0.39, 0.29) is 36.1 Å². The fourth-order valence-corrected chi connectivity index (χ4v) is 4.57. The molecule has 0 aliphatic carbocycles. The number of nitrogens with one attached hydrogen (secondary N) is 3. The summed E-state index contributed by atoms with van der Waals surface area (Å²) in [6.45, 7) is 8.98. The van der Waals surface area contributed by atoms with Crippen LogP contribution in [0.25, 0.3) is 0 Å². The molecule has 3 rings (SSSR count). The zero-order valence-electron chi connectivity index (χ0n) is 26.6. The molecule has 242 valence electrons. The standard InChI is InChI=1S/C34H43N3O8/c1-21(2)18-26(30(39)29-8-7-17-44-29)35-31(40)27(19-22-9-13-24(38)14-10-22)36-32(41)28(37-33(42)45-34(3,4)5)20-23-11-15-25(43-6)16-12-23/h7-17,21,26-28,38H,18-20H2,1-6H3,(H,35,40)(H,36,41)(H,37,42)/t26-,27-,28-/m0/s1. The molecule has 1 aromatic heterocycles. The summed E-state index contributed by atoms with van der Waals surface area (Å²) in [4.78, 5) is 53.6. The summed E-state index contributed by atoms with van der Waals surface area (Å²) >= 11 is 0. The Kier molecular flexibility index (Phi) is 12.2. The van der Waals surface area contributed by atoms with E-state index in [0.717, 1.165) is 5.56 Å². The number of amides is 3. The molecule has 11 heteroatoms. The summed E-state index contributed by atoms with van der Waals surface area (Å²) < 4.78 is 15.9. The Balaban J connectivity index is 1.89. The van der Waals surface area contributed by atoms with Gasteiger partial charge in [-0.15, -0.1) is 0 Å². The van der Waals surface area contributed by atoms with Crippen molar-refractivity contribution in [2.45, 2.75) is 77.6 Å². The highest BCUT2D eigenvalue weighted by atomic mass is 16.6. The second-order valence-corrected chi connectivity index (χ2v) is 12.2. The first kappa shape index (κ1) is 34.7. The number of aromatic hydroxyl groups is 1. The van der Waals surface area contributed by atoms with Crippen molar-refractivity contribution in [3.63, 3.8) is 0 Å². The number of hydrogen-bond donors (Lipinski definition) is 4. The van der Waals surface area contributed by atoms with Crippen molar-refractivity contribution in [2.75, 3.05) is 7.11 Å². The Labute approximate surface area is 263 Å². The highest BCUT2D eigenvalue weighted by Crippen LogP contribution is 2.17. The summed E-state index contributed by atoms with van der Waals surface area (Å²) in [5.41, 5.74) is 0.573. The number of ketones is 1. The molecular weight excluding hydrogens is 578 g/mol. The number of rotatable bonds is 14. The van der Waals surface area contributed by atoms with Gasteiger partial charge < -0.3 is 34.9 Å². The van der Waals surface area contributed by atoms with Crippen LogP contribution in [0.4, 0.5) is 4.79 Å². The van der Waals surface area contributed by atoms with Gasteiger partial charge in [0.2, 0.25) is 17.6 Å². The van der Waals surface area contributed by atoms with E-state index < -0.39 is 41.6 Å². The second kappa shape index (κ2) is 15.8. The summed E-state index contributed by atoms with van der Waals surface area (Å²) in [6, 6.07) is 13.2. The van der Waals surface area contributed by atoms with E-state index >= 15 is 0 Å². The second-order valence-electron chi connectivity index (χ2n) is 12.2. The minimum absolute atomic E-state index is 0.0445. The maximum Gasteiger partial charge on any atom is 0.408 e. The largest absolute Gasteiger partial charge is 0.508 e. The number of methoxy groups -OCH3 is 1. The Hall–Kier alpha value is -4.80. The van der Waals surface area contributed by atoms with E-state index in [4.69, 9.17) is 13.9 Å². The highest BCUT2D eigenvalue weighted by molar-refractivity contribution is 6.01. The predicted molar refractivity (Wildman–Crippen MR) is 168 cm³/mol.